The summed E-state index contributed by atoms with van der Waals surface area (Å²) in [5.74, 6) is 0. The van der Waals surface area contributed by atoms with Crippen molar-refractivity contribution in [3.8, 4) is 55.6 Å². The molecule has 2 aromatic heterocycles. The molecule has 0 N–H and O–H groups in total. The molecule has 2 heteroatoms. The van der Waals surface area contributed by atoms with Gasteiger partial charge in [0.2, 0.25) is 0 Å². The van der Waals surface area contributed by atoms with Crippen LogP contribution in [0.4, 0.5) is 0 Å². The van der Waals surface area contributed by atoms with E-state index in [-0.39, 0.29) is 0 Å². The Morgan fingerprint density at radius 3 is 1.36 bits per heavy atom. The average Bonchev–Trinajstić information content (AvgIpc) is 3.17. The molecule has 9 aromatic rings. The zero-order valence-electron chi connectivity index (χ0n) is 28.1. The van der Waals surface area contributed by atoms with Gasteiger partial charge in [0.15, 0.2) is 0 Å². The molecule has 0 saturated carbocycles. The van der Waals surface area contributed by atoms with E-state index in [4.69, 9.17) is 0 Å². The lowest BCUT2D eigenvalue weighted by molar-refractivity contribution is 1.32. The van der Waals surface area contributed by atoms with Crippen LogP contribution in [-0.2, 0) is 0 Å². The Hall–Kier alpha value is -6.38. The SMILES string of the molecule is Cc1cc(-c2c3ccccc3c(-c3ccc(-c4ccncc4)c(C)c3)c3cc(-c4ccc5ccccc5c4)ccc23)ccc1-c1ccncc1. The summed E-state index contributed by atoms with van der Waals surface area (Å²) >= 11 is 0. The van der Waals surface area contributed by atoms with Crippen molar-refractivity contribution in [2.24, 2.45) is 0 Å². The Morgan fingerprint density at radius 1 is 0.320 bits per heavy atom. The predicted molar refractivity (Wildman–Crippen MR) is 211 cm³/mol. The molecule has 0 fully saturated rings. The standard InChI is InChI=1S/C48H34N2/c1-31-27-39(14-16-41(31)34-19-23-49-24-20-34)47-43-9-5-6-10-44(43)48(40-15-17-42(32(2)28-40)35-21-25-50-26-22-35)46-30-38(13-18-45(46)47)37-12-11-33-7-3-4-8-36(33)29-37/h3-30H,1-2H3. The van der Waals surface area contributed by atoms with Crippen LogP contribution in [0, 0.1) is 13.8 Å². The van der Waals surface area contributed by atoms with Crippen molar-refractivity contribution in [1.82, 2.24) is 9.97 Å². The molecule has 0 amide bonds. The zero-order chi connectivity index (χ0) is 33.6. The second-order valence-corrected chi connectivity index (χ2v) is 13.1. The van der Waals surface area contributed by atoms with E-state index < -0.39 is 0 Å². The van der Waals surface area contributed by atoms with Gasteiger partial charge in [-0.3, -0.25) is 9.97 Å². The molecular weight excluding hydrogens is 605 g/mol. The molecule has 0 aliphatic rings. The molecule has 0 spiro atoms. The summed E-state index contributed by atoms with van der Waals surface area (Å²) < 4.78 is 0. The van der Waals surface area contributed by atoms with Gasteiger partial charge in [-0.15, -0.1) is 0 Å². The molecule has 0 radical (unpaired) electrons. The number of nitrogens with zero attached hydrogens (tertiary/aromatic N) is 2. The third-order valence-corrected chi connectivity index (χ3v) is 10.1. The van der Waals surface area contributed by atoms with Crippen LogP contribution < -0.4 is 0 Å². The number of rotatable bonds is 5. The van der Waals surface area contributed by atoms with Gasteiger partial charge in [-0.1, -0.05) is 109 Å². The van der Waals surface area contributed by atoms with Gasteiger partial charge in [0, 0.05) is 24.8 Å². The molecule has 7 aromatic carbocycles. The molecular formula is C48H34N2. The summed E-state index contributed by atoms with van der Waals surface area (Å²) in [7, 11) is 0. The van der Waals surface area contributed by atoms with E-state index in [2.05, 4.69) is 169 Å². The maximum absolute atomic E-state index is 4.24. The number of aromatic nitrogens is 2. The maximum atomic E-state index is 4.24. The first kappa shape index (κ1) is 29.7. The molecule has 236 valence electrons. The van der Waals surface area contributed by atoms with E-state index in [9.17, 15) is 0 Å². The molecule has 0 aliphatic heterocycles. The van der Waals surface area contributed by atoms with Crippen LogP contribution in [0.15, 0.2) is 170 Å². The highest BCUT2D eigenvalue weighted by Crippen LogP contribution is 2.46. The minimum Gasteiger partial charge on any atom is -0.265 e. The fourth-order valence-electron chi connectivity index (χ4n) is 7.70. The number of benzene rings is 7. The van der Waals surface area contributed by atoms with Crippen LogP contribution in [-0.4, -0.2) is 9.97 Å². The fourth-order valence-corrected chi connectivity index (χ4v) is 7.70. The topological polar surface area (TPSA) is 25.8 Å². The summed E-state index contributed by atoms with van der Waals surface area (Å²) in [6.45, 7) is 4.43. The van der Waals surface area contributed by atoms with Gasteiger partial charge >= 0.3 is 0 Å². The highest BCUT2D eigenvalue weighted by molar-refractivity contribution is 6.22. The van der Waals surface area contributed by atoms with E-state index in [1.807, 2.05) is 24.8 Å². The monoisotopic (exact) mass is 638 g/mol. The Kier molecular flexibility index (Phi) is 7.29. The molecule has 2 heterocycles. The van der Waals surface area contributed by atoms with E-state index in [0.717, 1.165) is 0 Å². The van der Waals surface area contributed by atoms with Crippen molar-refractivity contribution in [3.63, 3.8) is 0 Å². The highest BCUT2D eigenvalue weighted by Gasteiger charge is 2.19. The van der Waals surface area contributed by atoms with Crippen LogP contribution in [0.5, 0.6) is 0 Å². The first-order valence-electron chi connectivity index (χ1n) is 17.1. The van der Waals surface area contributed by atoms with E-state index in [1.165, 1.54) is 99.1 Å². The van der Waals surface area contributed by atoms with Gasteiger partial charge in [0.05, 0.1) is 0 Å². The van der Waals surface area contributed by atoms with E-state index >= 15 is 0 Å². The molecule has 9 rings (SSSR count). The first-order chi connectivity index (χ1) is 24.6. The Labute approximate surface area is 292 Å². The number of fused-ring (bicyclic) bond motifs is 3. The lowest BCUT2D eigenvalue weighted by Gasteiger charge is -2.20. The third kappa shape index (κ3) is 5.14. The number of pyridine rings is 2. The largest absolute Gasteiger partial charge is 0.265 e. The quantitative estimate of drug-likeness (QED) is 0.175. The van der Waals surface area contributed by atoms with Crippen LogP contribution in [0.2, 0.25) is 0 Å². The van der Waals surface area contributed by atoms with Gasteiger partial charge in [0.25, 0.3) is 0 Å². The van der Waals surface area contributed by atoms with Crippen LogP contribution >= 0.6 is 0 Å². The van der Waals surface area contributed by atoms with Gasteiger partial charge in [-0.25, -0.2) is 0 Å². The summed E-state index contributed by atoms with van der Waals surface area (Å²) in [4.78, 5) is 8.47. The molecule has 2 nitrogen and oxygen atoms in total. The number of hydrogen-bond acceptors (Lipinski definition) is 2. The molecule has 0 aliphatic carbocycles. The Bertz CT molecular complexity index is 2710. The Balaban J connectivity index is 1.32. The smallest absolute Gasteiger partial charge is 0.0273 e. The van der Waals surface area contributed by atoms with E-state index in [1.54, 1.807) is 0 Å². The van der Waals surface area contributed by atoms with Gasteiger partial charge in [0.1, 0.15) is 0 Å². The van der Waals surface area contributed by atoms with Crippen LogP contribution in [0.25, 0.3) is 88.0 Å². The molecule has 0 atom stereocenters. The summed E-state index contributed by atoms with van der Waals surface area (Å²) in [6.07, 6.45) is 7.45. The normalized spacial score (nSPS) is 11.4. The van der Waals surface area contributed by atoms with Gasteiger partial charge in [-0.2, -0.15) is 0 Å². The molecule has 50 heavy (non-hydrogen) atoms. The minimum atomic E-state index is 1.18. The lowest BCUT2D eigenvalue weighted by atomic mass is 9.83. The average molecular weight is 639 g/mol. The molecule has 0 unspecified atom stereocenters. The van der Waals surface area contributed by atoms with Crippen molar-refractivity contribution < 1.29 is 0 Å². The lowest BCUT2D eigenvalue weighted by Crippen LogP contribution is -1.94. The number of hydrogen-bond donors (Lipinski definition) is 0. The highest BCUT2D eigenvalue weighted by atomic mass is 14.6. The van der Waals surface area contributed by atoms with Gasteiger partial charge in [-0.05, 0) is 149 Å². The van der Waals surface area contributed by atoms with Crippen molar-refractivity contribution in [2.45, 2.75) is 13.8 Å². The Morgan fingerprint density at radius 2 is 0.780 bits per heavy atom. The first-order valence-corrected chi connectivity index (χ1v) is 17.1. The second-order valence-electron chi connectivity index (χ2n) is 13.1. The fraction of sp³-hybridized carbons (Fsp3) is 0.0417. The van der Waals surface area contributed by atoms with E-state index in [0.29, 0.717) is 0 Å². The van der Waals surface area contributed by atoms with Crippen LogP contribution in [0.1, 0.15) is 11.1 Å². The van der Waals surface area contributed by atoms with Crippen molar-refractivity contribution in [1.29, 1.82) is 0 Å². The maximum Gasteiger partial charge on any atom is 0.0273 e. The van der Waals surface area contributed by atoms with Crippen molar-refractivity contribution >= 4 is 32.3 Å². The summed E-state index contributed by atoms with van der Waals surface area (Å²) in [6, 6.07) is 53.5. The second kappa shape index (κ2) is 12.3. The van der Waals surface area contributed by atoms with Crippen molar-refractivity contribution in [2.75, 3.05) is 0 Å². The van der Waals surface area contributed by atoms with Gasteiger partial charge < -0.3 is 0 Å². The minimum absolute atomic E-state index is 1.18. The zero-order valence-corrected chi connectivity index (χ0v) is 28.1. The summed E-state index contributed by atoms with van der Waals surface area (Å²) in [5, 5.41) is 7.49. The van der Waals surface area contributed by atoms with Crippen molar-refractivity contribution in [3.05, 3.63) is 182 Å². The van der Waals surface area contributed by atoms with Crippen LogP contribution in [0.3, 0.4) is 0 Å². The molecule has 0 bridgehead atoms. The summed E-state index contributed by atoms with van der Waals surface area (Å²) in [5.41, 5.74) is 14.7. The predicted octanol–water partition coefficient (Wildman–Crippen LogP) is 12.9. The molecule has 0 saturated heterocycles. The number of aryl methyl sites for hydroxylation is 2. The third-order valence-electron chi connectivity index (χ3n) is 10.1.